The summed E-state index contributed by atoms with van der Waals surface area (Å²) in [7, 11) is 0. The van der Waals surface area contributed by atoms with Crippen molar-refractivity contribution in [2.24, 2.45) is 11.5 Å². The zero-order chi connectivity index (χ0) is 14.0. The Hall–Kier alpha value is -1.18. The highest BCUT2D eigenvalue weighted by Crippen LogP contribution is 2.03. The van der Waals surface area contributed by atoms with Gasteiger partial charge in [-0.15, -0.1) is 0 Å². The van der Waals surface area contributed by atoms with E-state index in [2.05, 4.69) is 5.32 Å². The first-order valence-corrected chi connectivity index (χ1v) is 6.13. The molecule has 0 saturated carbocycles. The third kappa shape index (κ3) is 7.99. The fourth-order valence-electron chi connectivity index (χ4n) is 1.53. The Labute approximate surface area is 107 Å². The molecule has 0 amide bonds. The van der Waals surface area contributed by atoms with E-state index in [1.165, 1.54) is 0 Å². The van der Waals surface area contributed by atoms with Gasteiger partial charge in [0.05, 0.1) is 0 Å². The average molecular weight is 261 g/mol. The van der Waals surface area contributed by atoms with Gasteiger partial charge in [-0.25, -0.2) is 0 Å². The lowest BCUT2D eigenvalue weighted by Crippen LogP contribution is -2.29. The van der Waals surface area contributed by atoms with E-state index in [0.717, 1.165) is 32.2 Å². The highest BCUT2D eigenvalue weighted by Gasteiger charge is 2.20. The SMILES string of the molecule is NCCCCC(N)C(=O)O.O=C(O)C1CCCN1. The lowest BCUT2D eigenvalue weighted by atomic mass is 10.1. The molecule has 0 radical (unpaired) electrons. The average Bonchev–Trinajstić information content (AvgIpc) is 2.83. The van der Waals surface area contributed by atoms with Crippen molar-refractivity contribution in [1.82, 2.24) is 5.32 Å². The second kappa shape index (κ2) is 9.81. The highest BCUT2D eigenvalue weighted by molar-refractivity contribution is 5.73. The van der Waals surface area contributed by atoms with Gasteiger partial charge in [-0.3, -0.25) is 9.59 Å². The van der Waals surface area contributed by atoms with Crippen molar-refractivity contribution < 1.29 is 19.8 Å². The number of rotatable bonds is 6. The molecular weight excluding hydrogens is 238 g/mol. The third-order valence-corrected chi connectivity index (χ3v) is 2.64. The molecule has 2 atom stereocenters. The maximum atomic E-state index is 10.1. The molecule has 0 aromatic heterocycles. The van der Waals surface area contributed by atoms with Gasteiger partial charge in [0.2, 0.25) is 0 Å². The number of carboxylic acids is 2. The van der Waals surface area contributed by atoms with Crippen LogP contribution in [0, 0.1) is 0 Å². The molecule has 1 rings (SSSR count). The van der Waals surface area contributed by atoms with Gasteiger partial charge in [-0.05, 0) is 38.8 Å². The van der Waals surface area contributed by atoms with Gasteiger partial charge in [0, 0.05) is 0 Å². The van der Waals surface area contributed by atoms with Crippen LogP contribution in [-0.2, 0) is 9.59 Å². The minimum Gasteiger partial charge on any atom is -0.480 e. The summed E-state index contributed by atoms with van der Waals surface area (Å²) < 4.78 is 0. The number of aliphatic carboxylic acids is 2. The topological polar surface area (TPSA) is 139 Å². The van der Waals surface area contributed by atoms with E-state index in [1.54, 1.807) is 0 Å². The van der Waals surface area contributed by atoms with E-state index in [9.17, 15) is 9.59 Å². The van der Waals surface area contributed by atoms with E-state index < -0.39 is 18.0 Å². The first-order chi connectivity index (χ1) is 8.49. The Morgan fingerprint density at radius 3 is 2.33 bits per heavy atom. The first kappa shape index (κ1) is 16.8. The van der Waals surface area contributed by atoms with E-state index in [0.29, 0.717) is 13.0 Å². The summed E-state index contributed by atoms with van der Waals surface area (Å²) in [5.41, 5.74) is 10.4. The summed E-state index contributed by atoms with van der Waals surface area (Å²) in [6.45, 7) is 1.46. The number of unbranched alkanes of at least 4 members (excludes halogenated alkanes) is 1. The zero-order valence-corrected chi connectivity index (χ0v) is 10.5. The number of nitrogens with two attached hydrogens (primary N) is 2. The standard InChI is InChI=1S/C6H14N2O2.C5H9NO2/c7-4-2-1-3-5(8)6(9)10;7-5(8)4-2-1-3-6-4/h5H,1-4,7-8H2,(H,9,10);4,6H,1-3H2,(H,7,8). The van der Waals surface area contributed by atoms with Gasteiger partial charge in [0.15, 0.2) is 0 Å². The fourth-order valence-corrected chi connectivity index (χ4v) is 1.53. The second-order valence-corrected chi connectivity index (χ2v) is 4.22. The van der Waals surface area contributed by atoms with Crippen molar-refractivity contribution >= 4 is 11.9 Å². The van der Waals surface area contributed by atoms with Crippen molar-refractivity contribution in [3.63, 3.8) is 0 Å². The molecule has 0 aromatic rings. The Balaban J connectivity index is 0.000000327. The lowest BCUT2D eigenvalue weighted by Gasteiger charge is -2.03. The molecule has 1 aliphatic heterocycles. The largest absolute Gasteiger partial charge is 0.480 e. The molecule has 2 unspecified atom stereocenters. The number of hydrogen-bond acceptors (Lipinski definition) is 5. The van der Waals surface area contributed by atoms with Gasteiger partial charge in [0.1, 0.15) is 12.1 Å². The summed E-state index contributed by atoms with van der Waals surface area (Å²) >= 11 is 0. The maximum absolute atomic E-state index is 10.1. The van der Waals surface area contributed by atoms with E-state index >= 15 is 0 Å². The first-order valence-electron chi connectivity index (χ1n) is 6.13. The van der Waals surface area contributed by atoms with Crippen LogP contribution in [0.4, 0.5) is 0 Å². The molecule has 106 valence electrons. The van der Waals surface area contributed by atoms with Crippen LogP contribution in [-0.4, -0.2) is 47.3 Å². The number of hydrogen-bond donors (Lipinski definition) is 5. The Morgan fingerprint density at radius 1 is 1.33 bits per heavy atom. The van der Waals surface area contributed by atoms with Crippen LogP contribution in [0.5, 0.6) is 0 Å². The summed E-state index contributed by atoms with van der Waals surface area (Å²) in [4.78, 5) is 20.3. The van der Waals surface area contributed by atoms with Crippen LogP contribution in [0.3, 0.4) is 0 Å². The van der Waals surface area contributed by atoms with Gasteiger partial charge in [0.25, 0.3) is 0 Å². The maximum Gasteiger partial charge on any atom is 0.320 e. The fraction of sp³-hybridized carbons (Fsp3) is 0.818. The zero-order valence-electron chi connectivity index (χ0n) is 10.5. The van der Waals surface area contributed by atoms with E-state index in [4.69, 9.17) is 21.7 Å². The quantitative estimate of drug-likeness (QED) is 0.400. The highest BCUT2D eigenvalue weighted by atomic mass is 16.4. The number of carboxylic acid groups (broad SMARTS) is 2. The molecule has 7 nitrogen and oxygen atoms in total. The van der Waals surface area contributed by atoms with Gasteiger partial charge in [-0.2, -0.15) is 0 Å². The Morgan fingerprint density at radius 2 is 2.00 bits per heavy atom. The molecule has 7 heteroatoms. The normalized spacial score (nSPS) is 19.8. The molecule has 0 bridgehead atoms. The van der Waals surface area contributed by atoms with E-state index in [1.807, 2.05) is 0 Å². The third-order valence-electron chi connectivity index (χ3n) is 2.64. The predicted octanol–water partition coefficient (Wildman–Crippen LogP) is -0.650. The summed E-state index contributed by atoms with van der Waals surface area (Å²) in [5, 5.41) is 19.5. The molecule has 1 fully saturated rings. The summed E-state index contributed by atoms with van der Waals surface area (Å²) in [5.74, 6) is -1.65. The molecule has 7 N–H and O–H groups in total. The van der Waals surface area contributed by atoms with Crippen molar-refractivity contribution in [2.75, 3.05) is 13.1 Å². The monoisotopic (exact) mass is 261 g/mol. The molecule has 0 spiro atoms. The van der Waals surface area contributed by atoms with E-state index in [-0.39, 0.29) is 6.04 Å². The van der Waals surface area contributed by atoms with Crippen LogP contribution in [0.25, 0.3) is 0 Å². The van der Waals surface area contributed by atoms with Crippen LogP contribution in [0.2, 0.25) is 0 Å². The van der Waals surface area contributed by atoms with Crippen molar-refractivity contribution in [3.8, 4) is 0 Å². The molecule has 0 aromatic carbocycles. The lowest BCUT2D eigenvalue weighted by molar-refractivity contribution is -0.139. The smallest absolute Gasteiger partial charge is 0.320 e. The van der Waals surface area contributed by atoms with Gasteiger partial charge in [-0.1, -0.05) is 6.42 Å². The van der Waals surface area contributed by atoms with Crippen LogP contribution >= 0.6 is 0 Å². The minimum absolute atomic E-state index is 0.269. The Bertz CT molecular complexity index is 255. The minimum atomic E-state index is -0.933. The molecule has 1 heterocycles. The van der Waals surface area contributed by atoms with Crippen molar-refractivity contribution in [3.05, 3.63) is 0 Å². The number of carbonyl (C=O) groups is 2. The molecule has 1 saturated heterocycles. The van der Waals surface area contributed by atoms with Gasteiger partial charge >= 0.3 is 11.9 Å². The molecule has 18 heavy (non-hydrogen) atoms. The van der Waals surface area contributed by atoms with Crippen LogP contribution < -0.4 is 16.8 Å². The summed E-state index contributed by atoms with van der Waals surface area (Å²) in [6, 6.07) is -0.985. The van der Waals surface area contributed by atoms with Crippen molar-refractivity contribution in [2.45, 2.75) is 44.2 Å². The molecular formula is C11H23N3O4. The van der Waals surface area contributed by atoms with Crippen LogP contribution in [0.1, 0.15) is 32.1 Å². The molecule has 0 aliphatic carbocycles. The summed E-state index contributed by atoms with van der Waals surface area (Å²) in [6.07, 6.45) is 3.95. The van der Waals surface area contributed by atoms with Crippen LogP contribution in [0.15, 0.2) is 0 Å². The Kier molecular flexibility index (Phi) is 9.17. The second-order valence-electron chi connectivity index (χ2n) is 4.22. The van der Waals surface area contributed by atoms with Gasteiger partial charge < -0.3 is 27.0 Å². The van der Waals surface area contributed by atoms with Crippen molar-refractivity contribution in [1.29, 1.82) is 0 Å². The molecule has 1 aliphatic rings. The predicted molar refractivity (Wildman–Crippen MR) is 67.2 cm³/mol. The number of nitrogens with one attached hydrogen (secondary N) is 1.